The SMILES string of the molecule is CCOC(=O)c1cccc(C=Cc2cnccn2)c1. The Morgan fingerprint density at radius 2 is 2.21 bits per heavy atom. The van der Waals surface area contributed by atoms with Crippen molar-refractivity contribution >= 4 is 18.1 Å². The lowest BCUT2D eigenvalue weighted by Crippen LogP contribution is -2.04. The van der Waals surface area contributed by atoms with Gasteiger partial charge in [0.1, 0.15) is 0 Å². The quantitative estimate of drug-likeness (QED) is 0.787. The molecule has 0 fully saturated rings. The number of aromatic nitrogens is 2. The summed E-state index contributed by atoms with van der Waals surface area (Å²) < 4.78 is 4.96. The number of carbonyl (C=O) groups is 1. The molecule has 19 heavy (non-hydrogen) atoms. The van der Waals surface area contributed by atoms with E-state index >= 15 is 0 Å². The maximum absolute atomic E-state index is 11.6. The molecule has 0 aliphatic rings. The highest BCUT2D eigenvalue weighted by Gasteiger charge is 2.05. The molecule has 0 bridgehead atoms. The van der Waals surface area contributed by atoms with Crippen LogP contribution in [0.15, 0.2) is 42.9 Å². The van der Waals surface area contributed by atoms with Crippen LogP contribution >= 0.6 is 0 Å². The molecular formula is C15H14N2O2. The van der Waals surface area contributed by atoms with E-state index in [0.29, 0.717) is 12.2 Å². The summed E-state index contributed by atoms with van der Waals surface area (Å²) in [5, 5.41) is 0. The summed E-state index contributed by atoms with van der Waals surface area (Å²) in [6, 6.07) is 7.25. The molecule has 2 rings (SSSR count). The molecule has 0 amide bonds. The van der Waals surface area contributed by atoms with E-state index in [-0.39, 0.29) is 5.97 Å². The van der Waals surface area contributed by atoms with E-state index in [0.717, 1.165) is 11.3 Å². The Hall–Kier alpha value is -2.49. The van der Waals surface area contributed by atoms with Gasteiger partial charge in [-0.15, -0.1) is 0 Å². The molecule has 0 saturated heterocycles. The van der Waals surface area contributed by atoms with E-state index in [9.17, 15) is 4.79 Å². The van der Waals surface area contributed by atoms with Gasteiger partial charge in [-0.25, -0.2) is 4.79 Å². The highest BCUT2D eigenvalue weighted by molar-refractivity contribution is 5.90. The summed E-state index contributed by atoms with van der Waals surface area (Å²) in [6.07, 6.45) is 8.66. The van der Waals surface area contributed by atoms with Crippen molar-refractivity contribution < 1.29 is 9.53 Å². The number of benzene rings is 1. The van der Waals surface area contributed by atoms with Crippen molar-refractivity contribution in [2.24, 2.45) is 0 Å². The van der Waals surface area contributed by atoms with Crippen LogP contribution < -0.4 is 0 Å². The average Bonchev–Trinajstić information content (AvgIpc) is 2.47. The molecule has 1 heterocycles. The molecule has 1 aromatic heterocycles. The van der Waals surface area contributed by atoms with Gasteiger partial charge in [0.05, 0.1) is 24.1 Å². The van der Waals surface area contributed by atoms with Gasteiger partial charge in [-0.05, 0) is 30.7 Å². The minimum Gasteiger partial charge on any atom is -0.462 e. The molecule has 0 aliphatic carbocycles. The first-order valence-corrected chi connectivity index (χ1v) is 6.01. The molecule has 0 aliphatic heterocycles. The Kier molecular flexibility index (Phi) is 4.39. The van der Waals surface area contributed by atoms with Crippen LogP contribution in [0.1, 0.15) is 28.5 Å². The summed E-state index contributed by atoms with van der Waals surface area (Å²) in [7, 11) is 0. The summed E-state index contributed by atoms with van der Waals surface area (Å²) in [4.78, 5) is 19.7. The molecule has 0 unspecified atom stereocenters. The van der Waals surface area contributed by atoms with Crippen molar-refractivity contribution in [3.8, 4) is 0 Å². The van der Waals surface area contributed by atoms with Gasteiger partial charge >= 0.3 is 5.97 Å². The van der Waals surface area contributed by atoms with Gasteiger partial charge in [-0.3, -0.25) is 9.97 Å². The third kappa shape index (κ3) is 3.74. The highest BCUT2D eigenvalue weighted by atomic mass is 16.5. The van der Waals surface area contributed by atoms with Crippen molar-refractivity contribution in [3.05, 3.63) is 59.7 Å². The maximum atomic E-state index is 11.6. The number of carbonyl (C=O) groups excluding carboxylic acids is 1. The topological polar surface area (TPSA) is 52.1 Å². The average molecular weight is 254 g/mol. The molecular weight excluding hydrogens is 240 g/mol. The minimum atomic E-state index is -0.308. The summed E-state index contributed by atoms with van der Waals surface area (Å²) in [6.45, 7) is 2.16. The van der Waals surface area contributed by atoms with Crippen LogP contribution in [0, 0.1) is 0 Å². The van der Waals surface area contributed by atoms with Gasteiger partial charge < -0.3 is 4.74 Å². The predicted octanol–water partition coefficient (Wildman–Crippen LogP) is 2.82. The maximum Gasteiger partial charge on any atom is 0.338 e. The Bertz CT molecular complexity index is 580. The van der Waals surface area contributed by atoms with Crippen molar-refractivity contribution in [2.45, 2.75) is 6.92 Å². The first-order chi connectivity index (χ1) is 9.29. The molecule has 0 atom stereocenters. The Labute approximate surface area is 111 Å². The minimum absolute atomic E-state index is 0.308. The Morgan fingerprint density at radius 1 is 1.32 bits per heavy atom. The van der Waals surface area contributed by atoms with Gasteiger partial charge in [0.2, 0.25) is 0 Å². The Morgan fingerprint density at radius 3 is 2.95 bits per heavy atom. The molecule has 1 aromatic carbocycles. The first kappa shape index (κ1) is 13.0. The highest BCUT2D eigenvalue weighted by Crippen LogP contribution is 2.10. The second kappa shape index (κ2) is 6.44. The molecule has 4 nitrogen and oxygen atoms in total. The van der Waals surface area contributed by atoms with E-state index in [1.54, 1.807) is 37.6 Å². The van der Waals surface area contributed by atoms with E-state index in [1.165, 1.54) is 0 Å². The number of ether oxygens (including phenoxy) is 1. The number of hydrogen-bond donors (Lipinski definition) is 0. The van der Waals surface area contributed by atoms with Crippen molar-refractivity contribution in [1.29, 1.82) is 0 Å². The smallest absolute Gasteiger partial charge is 0.338 e. The Balaban J connectivity index is 2.15. The fourth-order valence-electron chi connectivity index (χ4n) is 1.56. The lowest BCUT2D eigenvalue weighted by Gasteiger charge is -2.02. The molecule has 0 N–H and O–H groups in total. The standard InChI is InChI=1S/C15H14N2O2/c1-2-19-15(18)13-5-3-4-12(10-13)6-7-14-11-16-8-9-17-14/h3-11H,2H2,1H3. The van der Waals surface area contributed by atoms with Gasteiger partial charge in [-0.1, -0.05) is 18.2 Å². The summed E-state index contributed by atoms with van der Waals surface area (Å²) in [5.74, 6) is -0.308. The molecule has 0 spiro atoms. The van der Waals surface area contributed by atoms with Crippen LogP contribution in [0.2, 0.25) is 0 Å². The monoisotopic (exact) mass is 254 g/mol. The predicted molar refractivity (Wildman–Crippen MR) is 73.4 cm³/mol. The van der Waals surface area contributed by atoms with Crippen LogP contribution in [0.5, 0.6) is 0 Å². The lowest BCUT2D eigenvalue weighted by molar-refractivity contribution is 0.0526. The van der Waals surface area contributed by atoms with Gasteiger partial charge in [-0.2, -0.15) is 0 Å². The largest absolute Gasteiger partial charge is 0.462 e. The van der Waals surface area contributed by atoms with Gasteiger partial charge in [0.15, 0.2) is 0 Å². The number of rotatable bonds is 4. The van der Waals surface area contributed by atoms with Gasteiger partial charge in [0, 0.05) is 12.4 Å². The molecule has 4 heteroatoms. The fourth-order valence-corrected chi connectivity index (χ4v) is 1.56. The normalized spacial score (nSPS) is 10.6. The van der Waals surface area contributed by atoms with Crippen molar-refractivity contribution in [3.63, 3.8) is 0 Å². The third-order valence-corrected chi connectivity index (χ3v) is 2.43. The first-order valence-electron chi connectivity index (χ1n) is 6.01. The molecule has 96 valence electrons. The second-order valence-corrected chi connectivity index (χ2v) is 3.81. The number of nitrogens with zero attached hydrogens (tertiary/aromatic N) is 2. The summed E-state index contributed by atoms with van der Waals surface area (Å²) in [5.41, 5.74) is 2.23. The number of hydrogen-bond acceptors (Lipinski definition) is 4. The van der Waals surface area contributed by atoms with Gasteiger partial charge in [0.25, 0.3) is 0 Å². The third-order valence-electron chi connectivity index (χ3n) is 2.43. The van der Waals surface area contributed by atoms with Crippen molar-refractivity contribution in [2.75, 3.05) is 6.61 Å². The molecule has 2 aromatic rings. The second-order valence-electron chi connectivity index (χ2n) is 3.81. The van der Waals surface area contributed by atoms with E-state index in [1.807, 2.05) is 24.3 Å². The zero-order valence-corrected chi connectivity index (χ0v) is 10.6. The lowest BCUT2D eigenvalue weighted by atomic mass is 10.1. The zero-order chi connectivity index (χ0) is 13.5. The van der Waals surface area contributed by atoms with Crippen LogP contribution in [-0.4, -0.2) is 22.5 Å². The number of esters is 1. The van der Waals surface area contributed by atoms with Crippen LogP contribution in [0.25, 0.3) is 12.2 Å². The summed E-state index contributed by atoms with van der Waals surface area (Å²) >= 11 is 0. The zero-order valence-electron chi connectivity index (χ0n) is 10.6. The van der Waals surface area contributed by atoms with Crippen LogP contribution in [0.3, 0.4) is 0 Å². The van der Waals surface area contributed by atoms with Crippen LogP contribution in [0.4, 0.5) is 0 Å². The van der Waals surface area contributed by atoms with E-state index in [4.69, 9.17) is 4.74 Å². The van der Waals surface area contributed by atoms with Crippen molar-refractivity contribution in [1.82, 2.24) is 9.97 Å². The molecule has 0 radical (unpaired) electrons. The van der Waals surface area contributed by atoms with E-state index < -0.39 is 0 Å². The fraction of sp³-hybridized carbons (Fsp3) is 0.133. The van der Waals surface area contributed by atoms with Crippen LogP contribution in [-0.2, 0) is 4.74 Å². The van der Waals surface area contributed by atoms with E-state index in [2.05, 4.69) is 9.97 Å². The molecule has 0 saturated carbocycles.